The second-order valence-electron chi connectivity index (χ2n) is 5.38. The molecule has 0 saturated carbocycles. The number of amides is 1. The van der Waals surface area contributed by atoms with Crippen molar-refractivity contribution in [3.05, 3.63) is 70.4 Å². The molecule has 0 unspecified atom stereocenters. The molecule has 24 heavy (non-hydrogen) atoms. The summed E-state index contributed by atoms with van der Waals surface area (Å²) in [4.78, 5) is 12.4. The Hall–Kier alpha value is -2.86. The lowest BCUT2D eigenvalue weighted by Crippen LogP contribution is -2.16. The molecule has 0 radical (unpaired) electrons. The Labute approximate surface area is 144 Å². The van der Waals surface area contributed by atoms with Crippen LogP contribution in [-0.4, -0.2) is 20.9 Å². The number of nitrogens with two attached hydrogens (primary N) is 1. The second kappa shape index (κ2) is 6.72. The topological polar surface area (TPSA) is 85.8 Å². The van der Waals surface area contributed by atoms with Gasteiger partial charge in [-0.15, -0.1) is 5.10 Å². The molecule has 3 aromatic rings. The molecule has 0 bridgehead atoms. The van der Waals surface area contributed by atoms with Crippen molar-refractivity contribution in [3.63, 3.8) is 0 Å². The third-order valence-corrected chi connectivity index (χ3v) is 3.84. The molecule has 3 N–H and O–H groups in total. The highest BCUT2D eigenvalue weighted by Crippen LogP contribution is 2.17. The van der Waals surface area contributed by atoms with E-state index in [0.717, 1.165) is 11.1 Å². The van der Waals surface area contributed by atoms with E-state index < -0.39 is 0 Å². The van der Waals surface area contributed by atoms with Gasteiger partial charge < -0.3 is 11.1 Å². The van der Waals surface area contributed by atoms with Gasteiger partial charge in [0, 0.05) is 10.7 Å². The van der Waals surface area contributed by atoms with Gasteiger partial charge in [-0.05, 0) is 36.2 Å². The monoisotopic (exact) mass is 341 g/mol. The maximum atomic E-state index is 12.4. The number of anilines is 2. The standard InChI is InChI=1S/C17H16ClN5O/c1-11-5-2-3-8-14(11)20-17(24)15-16(19)23(22-21-15)10-12-6-4-7-13(18)9-12/h2-9H,10,19H2,1H3,(H,20,24). The van der Waals surface area contributed by atoms with E-state index in [1.807, 2.05) is 49.4 Å². The quantitative estimate of drug-likeness (QED) is 0.763. The number of rotatable bonds is 4. The number of nitrogens with zero attached hydrogens (tertiary/aromatic N) is 3. The van der Waals surface area contributed by atoms with Crippen LogP contribution in [0.15, 0.2) is 48.5 Å². The van der Waals surface area contributed by atoms with Crippen LogP contribution in [0.3, 0.4) is 0 Å². The van der Waals surface area contributed by atoms with E-state index >= 15 is 0 Å². The minimum Gasteiger partial charge on any atom is -0.382 e. The number of nitrogen functional groups attached to an aromatic ring is 1. The van der Waals surface area contributed by atoms with Crippen LogP contribution in [0.5, 0.6) is 0 Å². The number of nitrogens with one attached hydrogen (secondary N) is 1. The number of hydrogen-bond acceptors (Lipinski definition) is 4. The molecule has 0 aliphatic heterocycles. The van der Waals surface area contributed by atoms with Crippen LogP contribution in [0.4, 0.5) is 11.5 Å². The molecule has 1 heterocycles. The molecule has 3 rings (SSSR count). The molecule has 2 aromatic carbocycles. The lowest BCUT2D eigenvalue weighted by Gasteiger charge is -2.07. The van der Waals surface area contributed by atoms with Crippen molar-refractivity contribution >= 4 is 29.0 Å². The van der Waals surface area contributed by atoms with E-state index in [2.05, 4.69) is 15.6 Å². The molecule has 7 heteroatoms. The molecule has 0 aliphatic carbocycles. The van der Waals surface area contributed by atoms with Crippen molar-refractivity contribution < 1.29 is 4.79 Å². The molecule has 0 spiro atoms. The summed E-state index contributed by atoms with van der Waals surface area (Å²) in [5.74, 6) is -0.180. The Bertz CT molecular complexity index is 890. The van der Waals surface area contributed by atoms with Gasteiger partial charge in [-0.2, -0.15) is 0 Å². The van der Waals surface area contributed by atoms with Crippen molar-refractivity contribution in [1.29, 1.82) is 0 Å². The molecule has 122 valence electrons. The van der Waals surface area contributed by atoms with Gasteiger partial charge in [0.15, 0.2) is 11.5 Å². The van der Waals surface area contributed by atoms with E-state index in [1.54, 1.807) is 6.07 Å². The summed E-state index contributed by atoms with van der Waals surface area (Å²) in [7, 11) is 0. The lowest BCUT2D eigenvalue weighted by atomic mass is 10.2. The number of para-hydroxylation sites is 1. The van der Waals surface area contributed by atoms with Crippen LogP contribution < -0.4 is 11.1 Å². The van der Waals surface area contributed by atoms with Crippen molar-refractivity contribution in [2.24, 2.45) is 0 Å². The van der Waals surface area contributed by atoms with E-state index in [4.69, 9.17) is 17.3 Å². The van der Waals surface area contributed by atoms with E-state index in [9.17, 15) is 4.79 Å². The average molecular weight is 342 g/mol. The predicted octanol–water partition coefficient (Wildman–Crippen LogP) is 3.12. The molecule has 6 nitrogen and oxygen atoms in total. The molecule has 0 aliphatic rings. The fraction of sp³-hybridized carbons (Fsp3) is 0.118. The zero-order chi connectivity index (χ0) is 17.1. The van der Waals surface area contributed by atoms with Crippen molar-refractivity contribution in [3.8, 4) is 0 Å². The maximum absolute atomic E-state index is 12.4. The van der Waals surface area contributed by atoms with Gasteiger partial charge in [0.25, 0.3) is 5.91 Å². The molecule has 0 saturated heterocycles. The van der Waals surface area contributed by atoms with Gasteiger partial charge in [-0.3, -0.25) is 4.79 Å². The summed E-state index contributed by atoms with van der Waals surface area (Å²) >= 11 is 5.97. The molecule has 1 aromatic heterocycles. The molecule has 0 atom stereocenters. The van der Waals surface area contributed by atoms with Gasteiger partial charge in [0.1, 0.15) is 0 Å². The number of halogens is 1. The summed E-state index contributed by atoms with van der Waals surface area (Å²) in [5.41, 5.74) is 8.71. The van der Waals surface area contributed by atoms with Gasteiger partial charge in [0.2, 0.25) is 0 Å². The Balaban J connectivity index is 1.79. The highest BCUT2D eigenvalue weighted by Gasteiger charge is 2.18. The van der Waals surface area contributed by atoms with Gasteiger partial charge in [0.05, 0.1) is 6.54 Å². The summed E-state index contributed by atoms with van der Waals surface area (Å²) in [6, 6.07) is 14.8. The zero-order valence-corrected chi connectivity index (χ0v) is 13.8. The minimum absolute atomic E-state index is 0.0975. The van der Waals surface area contributed by atoms with Crippen LogP contribution in [0, 0.1) is 6.92 Å². The summed E-state index contributed by atoms with van der Waals surface area (Å²) in [6.07, 6.45) is 0. The summed E-state index contributed by atoms with van der Waals surface area (Å²) in [6.45, 7) is 2.30. The number of carbonyl (C=O) groups is 1. The third-order valence-electron chi connectivity index (χ3n) is 3.60. The van der Waals surface area contributed by atoms with Crippen molar-refractivity contribution in [2.45, 2.75) is 13.5 Å². The number of carbonyl (C=O) groups excluding carboxylic acids is 1. The average Bonchev–Trinajstić information content (AvgIpc) is 2.91. The van der Waals surface area contributed by atoms with Crippen molar-refractivity contribution in [2.75, 3.05) is 11.1 Å². The Morgan fingerprint density at radius 2 is 2.04 bits per heavy atom. The first kappa shape index (κ1) is 16.0. The predicted molar refractivity (Wildman–Crippen MR) is 94.1 cm³/mol. The van der Waals surface area contributed by atoms with E-state index in [-0.39, 0.29) is 17.4 Å². The number of hydrogen-bond donors (Lipinski definition) is 2. The molecule has 1 amide bonds. The highest BCUT2D eigenvalue weighted by molar-refractivity contribution is 6.30. The molecular formula is C17H16ClN5O. The van der Waals surface area contributed by atoms with Crippen LogP contribution in [0.25, 0.3) is 0 Å². The zero-order valence-electron chi connectivity index (χ0n) is 13.0. The largest absolute Gasteiger partial charge is 0.382 e. The van der Waals surface area contributed by atoms with E-state index in [1.165, 1.54) is 4.68 Å². The maximum Gasteiger partial charge on any atom is 0.280 e. The Morgan fingerprint density at radius 1 is 1.25 bits per heavy atom. The molecular weight excluding hydrogens is 326 g/mol. The normalized spacial score (nSPS) is 10.6. The Kier molecular flexibility index (Phi) is 4.48. The summed E-state index contributed by atoms with van der Waals surface area (Å²) < 4.78 is 1.47. The first-order valence-electron chi connectivity index (χ1n) is 7.35. The van der Waals surface area contributed by atoms with Crippen molar-refractivity contribution in [1.82, 2.24) is 15.0 Å². The molecule has 0 fully saturated rings. The number of benzene rings is 2. The minimum atomic E-state index is -0.390. The van der Waals surface area contributed by atoms with Crippen LogP contribution in [-0.2, 0) is 6.54 Å². The van der Waals surface area contributed by atoms with Crippen LogP contribution in [0.1, 0.15) is 21.6 Å². The van der Waals surface area contributed by atoms with Crippen LogP contribution >= 0.6 is 11.6 Å². The lowest BCUT2D eigenvalue weighted by molar-refractivity contribution is 0.102. The number of aryl methyl sites for hydroxylation is 1. The first-order chi connectivity index (χ1) is 11.5. The van der Waals surface area contributed by atoms with Gasteiger partial charge in [-0.25, -0.2) is 4.68 Å². The van der Waals surface area contributed by atoms with Gasteiger partial charge in [-0.1, -0.05) is 47.1 Å². The first-order valence-corrected chi connectivity index (χ1v) is 7.73. The number of aromatic nitrogens is 3. The fourth-order valence-electron chi connectivity index (χ4n) is 2.30. The van der Waals surface area contributed by atoms with Gasteiger partial charge >= 0.3 is 0 Å². The third kappa shape index (κ3) is 3.38. The SMILES string of the molecule is Cc1ccccc1NC(=O)c1nnn(Cc2cccc(Cl)c2)c1N. The van der Waals surface area contributed by atoms with E-state index in [0.29, 0.717) is 17.3 Å². The second-order valence-corrected chi connectivity index (χ2v) is 5.82. The summed E-state index contributed by atoms with van der Waals surface area (Å²) in [5, 5.41) is 11.3. The highest BCUT2D eigenvalue weighted by atomic mass is 35.5. The Morgan fingerprint density at radius 3 is 2.79 bits per heavy atom. The van der Waals surface area contributed by atoms with Crippen LogP contribution in [0.2, 0.25) is 5.02 Å². The smallest absolute Gasteiger partial charge is 0.280 e. The fourth-order valence-corrected chi connectivity index (χ4v) is 2.51.